The van der Waals surface area contributed by atoms with Crippen LogP contribution in [-0.4, -0.2) is 23.2 Å². The summed E-state index contributed by atoms with van der Waals surface area (Å²) in [5.41, 5.74) is 5.68. The molecule has 4 nitrogen and oxygen atoms in total. The van der Waals surface area contributed by atoms with Gasteiger partial charge in [-0.1, -0.05) is 23.2 Å². The molecule has 0 aliphatic carbocycles. The van der Waals surface area contributed by atoms with Crippen molar-refractivity contribution in [3.8, 4) is 0 Å². The molecule has 0 saturated carbocycles. The van der Waals surface area contributed by atoms with Crippen LogP contribution in [0.15, 0.2) is 12.1 Å². The van der Waals surface area contributed by atoms with Crippen LogP contribution >= 0.6 is 23.2 Å². The maximum Gasteiger partial charge on any atom is 0.251 e. The normalized spacial score (nSPS) is 11.4. The highest BCUT2D eigenvalue weighted by molar-refractivity contribution is 6.39. The minimum atomic E-state index is -0.508. The van der Waals surface area contributed by atoms with Crippen LogP contribution in [0.5, 0.6) is 0 Å². The van der Waals surface area contributed by atoms with Crippen LogP contribution in [0.3, 0.4) is 0 Å². The van der Waals surface area contributed by atoms with Crippen LogP contribution in [0.1, 0.15) is 30.6 Å². The Kier molecular flexibility index (Phi) is 4.85. The molecule has 100 valence electrons. The fourth-order valence-electron chi connectivity index (χ4n) is 1.44. The number of anilines is 1. The highest BCUT2D eigenvalue weighted by atomic mass is 35.5. The standard InChI is InChI=1S/C12H16Cl2N2O2/c1-12(2,3-4-17)16-11(18)7-5-8(13)10(15)9(14)6-7/h5-6,17H,3-4,15H2,1-2H3,(H,16,18). The maximum atomic E-state index is 12.0. The predicted molar refractivity (Wildman–Crippen MR) is 74.1 cm³/mol. The molecule has 4 N–H and O–H groups in total. The Hall–Kier alpha value is -0.970. The Morgan fingerprint density at radius 1 is 1.39 bits per heavy atom. The number of carbonyl (C=O) groups excluding carboxylic acids is 1. The van der Waals surface area contributed by atoms with Crippen molar-refractivity contribution < 1.29 is 9.90 Å². The van der Waals surface area contributed by atoms with Gasteiger partial charge in [-0.05, 0) is 32.4 Å². The number of hydrogen-bond acceptors (Lipinski definition) is 3. The topological polar surface area (TPSA) is 75.3 Å². The third-order valence-electron chi connectivity index (χ3n) is 2.53. The van der Waals surface area contributed by atoms with E-state index in [0.717, 1.165) is 0 Å². The molecule has 0 aliphatic heterocycles. The fourth-order valence-corrected chi connectivity index (χ4v) is 1.92. The van der Waals surface area contributed by atoms with Crippen LogP contribution < -0.4 is 11.1 Å². The van der Waals surface area contributed by atoms with E-state index >= 15 is 0 Å². The lowest BCUT2D eigenvalue weighted by molar-refractivity contribution is 0.0899. The maximum absolute atomic E-state index is 12.0. The molecule has 1 aromatic rings. The van der Waals surface area contributed by atoms with Gasteiger partial charge in [-0.15, -0.1) is 0 Å². The summed E-state index contributed by atoms with van der Waals surface area (Å²) in [7, 11) is 0. The second-order valence-electron chi connectivity index (χ2n) is 4.67. The first-order valence-corrected chi connectivity index (χ1v) is 6.20. The van der Waals surface area contributed by atoms with Crippen molar-refractivity contribution in [1.29, 1.82) is 0 Å². The average Bonchev–Trinajstić information content (AvgIpc) is 2.24. The number of aliphatic hydroxyl groups excluding tert-OH is 1. The second-order valence-corrected chi connectivity index (χ2v) is 5.48. The van der Waals surface area contributed by atoms with E-state index in [2.05, 4.69) is 5.32 Å². The largest absolute Gasteiger partial charge is 0.396 e. The zero-order valence-corrected chi connectivity index (χ0v) is 11.8. The number of hydrogen-bond donors (Lipinski definition) is 3. The molecule has 0 heterocycles. The van der Waals surface area contributed by atoms with Gasteiger partial charge in [0, 0.05) is 17.7 Å². The number of nitrogen functional groups attached to an aromatic ring is 1. The molecule has 0 unspecified atom stereocenters. The number of amides is 1. The molecular weight excluding hydrogens is 275 g/mol. The number of rotatable bonds is 4. The van der Waals surface area contributed by atoms with E-state index in [9.17, 15) is 4.79 Å². The van der Waals surface area contributed by atoms with E-state index in [-0.39, 0.29) is 28.2 Å². The first-order valence-electron chi connectivity index (χ1n) is 5.45. The van der Waals surface area contributed by atoms with Crippen LogP contribution in [-0.2, 0) is 0 Å². The summed E-state index contributed by atoms with van der Waals surface area (Å²) >= 11 is 11.7. The number of benzene rings is 1. The van der Waals surface area contributed by atoms with Crippen molar-refractivity contribution in [1.82, 2.24) is 5.32 Å². The smallest absolute Gasteiger partial charge is 0.251 e. The number of carbonyl (C=O) groups is 1. The van der Waals surface area contributed by atoms with Gasteiger partial charge in [0.15, 0.2) is 0 Å². The Bertz CT molecular complexity index is 438. The number of halogens is 2. The molecule has 0 fully saturated rings. The van der Waals surface area contributed by atoms with Gasteiger partial charge in [-0.3, -0.25) is 4.79 Å². The van der Waals surface area contributed by atoms with Crippen LogP contribution in [0.2, 0.25) is 10.0 Å². The Labute approximate surface area is 116 Å². The van der Waals surface area contributed by atoms with Gasteiger partial charge >= 0.3 is 0 Å². The molecule has 18 heavy (non-hydrogen) atoms. The third kappa shape index (κ3) is 3.77. The van der Waals surface area contributed by atoms with Crippen molar-refractivity contribution in [2.75, 3.05) is 12.3 Å². The lowest BCUT2D eigenvalue weighted by atomic mass is 10.0. The van der Waals surface area contributed by atoms with Gasteiger partial charge in [-0.2, -0.15) is 0 Å². The molecule has 1 rings (SSSR count). The van der Waals surface area contributed by atoms with E-state index in [0.29, 0.717) is 12.0 Å². The van der Waals surface area contributed by atoms with Crippen molar-refractivity contribution in [3.05, 3.63) is 27.7 Å². The highest BCUT2D eigenvalue weighted by Gasteiger charge is 2.21. The first kappa shape index (κ1) is 15.1. The summed E-state index contributed by atoms with van der Waals surface area (Å²) < 4.78 is 0. The summed E-state index contributed by atoms with van der Waals surface area (Å²) in [6, 6.07) is 2.93. The lowest BCUT2D eigenvalue weighted by Crippen LogP contribution is -2.44. The van der Waals surface area contributed by atoms with E-state index in [1.165, 1.54) is 12.1 Å². The number of nitrogens with one attached hydrogen (secondary N) is 1. The molecule has 0 aromatic heterocycles. The summed E-state index contributed by atoms with van der Waals surface area (Å²) in [6.45, 7) is 3.64. The first-order chi connectivity index (χ1) is 8.26. The molecule has 0 bridgehead atoms. The van der Waals surface area contributed by atoms with E-state index in [4.69, 9.17) is 34.0 Å². The number of nitrogens with two attached hydrogens (primary N) is 1. The van der Waals surface area contributed by atoms with E-state index in [1.807, 2.05) is 13.8 Å². The van der Waals surface area contributed by atoms with Gasteiger partial charge < -0.3 is 16.2 Å². The molecule has 0 spiro atoms. The van der Waals surface area contributed by atoms with Crippen LogP contribution in [0.25, 0.3) is 0 Å². The quantitative estimate of drug-likeness (QED) is 0.746. The second kappa shape index (κ2) is 5.78. The fraction of sp³-hybridized carbons (Fsp3) is 0.417. The SMILES string of the molecule is CC(C)(CCO)NC(=O)c1cc(Cl)c(N)c(Cl)c1. The highest BCUT2D eigenvalue weighted by Crippen LogP contribution is 2.29. The van der Waals surface area contributed by atoms with Crippen molar-refractivity contribution >= 4 is 34.8 Å². The van der Waals surface area contributed by atoms with Crippen molar-refractivity contribution in [2.45, 2.75) is 25.8 Å². The average molecular weight is 291 g/mol. The molecular formula is C12H16Cl2N2O2. The Balaban J connectivity index is 2.92. The van der Waals surface area contributed by atoms with E-state index in [1.54, 1.807) is 0 Å². The summed E-state index contributed by atoms with van der Waals surface area (Å²) in [4.78, 5) is 12.0. The van der Waals surface area contributed by atoms with Gasteiger partial charge in [-0.25, -0.2) is 0 Å². The van der Waals surface area contributed by atoms with Gasteiger partial charge in [0.2, 0.25) is 0 Å². The molecule has 0 saturated heterocycles. The van der Waals surface area contributed by atoms with Crippen LogP contribution in [0.4, 0.5) is 5.69 Å². The van der Waals surface area contributed by atoms with Crippen molar-refractivity contribution in [3.63, 3.8) is 0 Å². The zero-order valence-electron chi connectivity index (χ0n) is 10.3. The van der Waals surface area contributed by atoms with Gasteiger partial charge in [0.1, 0.15) is 0 Å². The zero-order chi connectivity index (χ0) is 13.9. The molecule has 1 aromatic carbocycles. The molecule has 1 amide bonds. The summed E-state index contributed by atoms with van der Waals surface area (Å²) in [6.07, 6.45) is 0.454. The van der Waals surface area contributed by atoms with Gasteiger partial charge in [0.25, 0.3) is 5.91 Å². The lowest BCUT2D eigenvalue weighted by Gasteiger charge is -2.25. The van der Waals surface area contributed by atoms with Crippen molar-refractivity contribution in [2.24, 2.45) is 0 Å². The Morgan fingerprint density at radius 3 is 2.33 bits per heavy atom. The summed E-state index contributed by atoms with van der Waals surface area (Å²) in [5, 5.41) is 12.2. The molecule has 6 heteroatoms. The predicted octanol–water partition coefficient (Wildman–Crippen LogP) is 2.47. The molecule has 0 radical (unpaired) electrons. The van der Waals surface area contributed by atoms with Gasteiger partial charge in [0.05, 0.1) is 15.7 Å². The number of aliphatic hydroxyl groups is 1. The molecule has 0 aliphatic rings. The van der Waals surface area contributed by atoms with E-state index < -0.39 is 5.54 Å². The third-order valence-corrected chi connectivity index (χ3v) is 3.16. The monoisotopic (exact) mass is 290 g/mol. The minimum absolute atomic E-state index is 0.00344. The van der Waals surface area contributed by atoms with Crippen LogP contribution in [0, 0.1) is 0 Å². The minimum Gasteiger partial charge on any atom is -0.396 e. The molecule has 0 atom stereocenters. The summed E-state index contributed by atoms with van der Waals surface area (Å²) in [5.74, 6) is -0.308. The Morgan fingerprint density at radius 2 is 1.89 bits per heavy atom.